The van der Waals surface area contributed by atoms with E-state index >= 15 is 0 Å². The minimum atomic E-state index is -0.137. The molecule has 3 aromatic rings. The van der Waals surface area contributed by atoms with Gasteiger partial charge in [-0.2, -0.15) is 10.1 Å². The van der Waals surface area contributed by atoms with Crippen LogP contribution >= 0.6 is 0 Å². The number of aryl methyl sites for hydroxylation is 2. The standard InChI is InChI=1S/C16H19N7O/c1-10-8-11(2)23-16(18-10)19-14(21-23)15(24)22-7-3-4-12(9-22)13-5-6-17-20-13/h5-6,8,12H,3-4,7,9H2,1-2H3,(H,17,20)/t12-/m1/s1. The summed E-state index contributed by atoms with van der Waals surface area (Å²) in [6.45, 7) is 5.22. The molecule has 1 amide bonds. The van der Waals surface area contributed by atoms with E-state index in [2.05, 4.69) is 25.3 Å². The zero-order chi connectivity index (χ0) is 16.7. The van der Waals surface area contributed by atoms with Crippen molar-refractivity contribution in [3.8, 4) is 0 Å². The van der Waals surface area contributed by atoms with Crippen LogP contribution in [0.2, 0.25) is 0 Å². The predicted octanol–water partition coefficient (Wildman–Crippen LogP) is 1.48. The highest BCUT2D eigenvalue weighted by Gasteiger charge is 2.28. The molecule has 8 heteroatoms. The molecule has 0 bridgehead atoms. The van der Waals surface area contributed by atoms with E-state index in [1.165, 1.54) is 0 Å². The number of aromatic amines is 1. The fourth-order valence-electron chi connectivity index (χ4n) is 3.31. The fraction of sp³-hybridized carbons (Fsp3) is 0.438. The second-order valence-electron chi connectivity index (χ2n) is 6.29. The van der Waals surface area contributed by atoms with Gasteiger partial charge in [-0.3, -0.25) is 9.89 Å². The van der Waals surface area contributed by atoms with E-state index in [1.54, 1.807) is 10.7 Å². The van der Waals surface area contributed by atoms with Crippen molar-refractivity contribution in [3.63, 3.8) is 0 Å². The van der Waals surface area contributed by atoms with Gasteiger partial charge in [-0.1, -0.05) is 0 Å². The molecule has 4 rings (SSSR count). The van der Waals surface area contributed by atoms with Gasteiger partial charge in [0, 0.05) is 42.3 Å². The average molecular weight is 325 g/mol. The molecule has 24 heavy (non-hydrogen) atoms. The van der Waals surface area contributed by atoms with E-state index in [1.807, 2.05) is 30.9 Å². The van der Waals surface area contributed by atoms with Gasteiger partial charge in [-0.25, -0.2) is 9.50 Å². The first-order chi connectivity index (χ1) is 11.6. The topological polar surface area (TPSA) is 92.1 Å². The maximum absolute atomic E-state index is 12.8. The molecule has 0 radical (unpaired) electrons. The molecule has 0 spiro atoms. The Morgan fingerprint density at radius 2 is 2.21 bits per heavy atom. The molecular formula is C16H19N7O. The quantitative estimate of drug-likeness (QED) is 0.770. The number of piperidine rings is 1. The lowest BCUT2D eigenvalue weighted by molar-refractivity contribution is 0.0693. The molecule has 8 nitrogen and oxygen atoms in total. The van der Waals surface area contributed by atoms with Gasteiger partial charge in [-0.15, -0.1) is 5.10 Å². The summed E-state index contributed by atoms with van der Waals surface area (Å²) in [4.78, 5) is 23.3. The number of hydrogen-bond acceptors (Lipinski definition) is 5. The van der Waals surface area contributed by atoms with Gasteiger partial charge in [-0.05, 0) is 38.8 Å². The van der Waals surface area contributed by atoms with Crippen LogP contribution in [-0.4, -0.2) is 53.7 Å². The molecule has 4 heterocycles. The molecule has 0 saturated carbocycles. The van der Waals surface area contributed by atoms with Crippen LogP contribution in [0, 0.1) is 13.8 Å². The van der Waals surface area contributed by atoms with Crippen LogP contribution in [0.3, 0.4) is 0 Å². The number of nitrogens with zero attached hydrogens (tertiary/aromatic N) is 6. The largest absolute Gasteiger partial charge is 0.335 e. The lowest BCUT2D eigenvalue weighted by atomic mass is 9.95. The average Bonchev–Trinajstić information content (AvgIpc) is 3.24. The smallest absolute Gasteiger partial charge is 0.293 e. The molecule has 0 unspecified atom stereocenters. The number of carbonyl (C=O) groups is 1. The van der Waals surface area contributed by atoms with E-state index in [-0.39, 0.29) is 17.6 Å². The highest BCUT2D eigenvalue weighted by Crippen LogP contribution is 2.25. The number of amides is 1. The Morgan fingerprint density at radius 1 is 1.33 bits per heavy atom. The Bertz CT molecular complexity index is 883. The van der Waals surface area contributed by atoms with Crippen LogP contribution in [-0.2, 0) is 0 Å². The van der Waals surface area contributed by atoms with Crippen molar-refractivity contribution in [2.24, 2.45) is 0 Å². The Hall–Kier alpha value is -2.77. The first-order valence-electron chi connectivity index (χ1n) is 8.11. The van der Waals surface area contributed by atoms with Gasteiger partial charge in [0.05, 0.1) is 0 Å². The van der Waals surface area contributed by atoms with E-state index in [0.717, 1.165) is 36.5 Å². The highest BCUT2D eigenvalue weighted by atomic mass is 16.2. The van der Waals surface area contributed by atoms with Gasteiger partial charge in [0.15, 0.2) is 0 Å². The van der Waals surface area contributed by atoms with Crippen molar-refractivity contribution < 1.29 is 4.79 Å². The Balaban J connectivity index is 1.60. The Labute approximate surface area is 138 Å². The molecule has 1 N–H and O–H groups in total. The minimum absolute atomic E-state index is 0.137. The van der Waals surface area contributed by atoms with Crippen LogP contribution in [0.25, 0.3) is 5.78 Å². The number of H-pyrrole nitrogens is 1. The molecular weight excluding hydrogens is 306 g/mol. The van der Waals surface area contributed by atoms with Crippen molar-refractivity contribution in [1.29, 1.82) is 0 Å². The summed E-state index contributed by atoms with van der Waals surface area (Å²) in [6.07, 6.45) is 3.75. The predicted molar refractivity (Wildman–Crippen MR) is 86.7 cm³/mol. The normalized spacial score (nSPS) is 18.2. The van der Waals surface area contributed by atoms with Crippen LogP contribution in [0.15, 0.2) is 18.3 Å². The summed E-state index contributed by atoms with van der Waals surface area (Å²) in [6, 6.07) is 3.89. The highest BCUT2D eigenvalue weighted by molar-refractivity contribution is 5.91. The molecule has 0 aromatic carbocycles. The first-order valence-corrected chi connectivity index (χ1v) is 8.11. The van der Waals surface area contributed by atoms with Gasteiger partial charge in [0.25, 0.3) is 11.7 Å². The van der Waals surface area contributed by atoms with E-state index < -0.39 is 0 Å². The summed E-state index contributed by atoms with van der Waals surface area (Å²) in [5.74, 6) is 0.825. The van der Waals surface area contributed by atoms with Crippen molar-refractivity contribution in [2.75, 3.05) is 13.1 Å². The third kappa shape index (κ3) is 2.53. The van der Waals surface area contributed by atoms with Crippen molar-refractivity contribution >= 4 is 11.7 Å². The molecule has 124 valence electrons. The zero-order valence-corrected chi connectivity index (χ0v) is 13.7. The van der Waals surface area contributed by atoms with Gasteiger partial charge >= 0.3 is 0 Å². The minimum Gasteiger partial charge on any atom is -0.335 e. The van der Waals surface area contributed by atoms with Crippen molar-refractivity contribution in [1.82, 2.24) is 34.7 Å². The molecule has 1 saturated heterocycles. The summed E-state index contributed by atoms with van der Waals surface area (Å²) < 4.78 is 1.62. The molecule has 1 atom stereocenters. The number of nitrogens with one attached hydrogen (secondary N) is 1. The van der Waals surface area contributed by atoms with E-state index in [0.29, 0.717) is 12.3 Å². The van der Waals surface area contributed by atoms with Gasteiger partial charge < -0.3 is 4.90 Å². The fourth-order valence-corrected chi connectivity index (χ4v) is 3.31. The number of rotatable bonds is 2. The third-order valence-corrected chi connectivity index (χ3v) is 4.48. The molecule has 3 aromatic heterocycles. The molecule has 0 aliphatic carbocycles. The summed E-state index contributed by atoms with van der Waals surface area (Å²) in [5, 5.41) is 11.4. The number of carbonyl (C=O) groups excluding carboxylic acids is 1. The molecule has 1 aliphatic heterocycles. The molecule has 1 aliphatic rings. The number of hydrogen-bond donors (Lipinski definition) is 1. The van der Waals surface area contributed by atoms with Crippen LogP contribution in [0.1, 0.15) is 46.5 Å². The maximum Gasteiger partial charge on any atom is 0.293 e. The molecule has 1 fully saturated rings. The number of likely N-dealkylation sites (tertiary alicyclic amines) is 1. The lowest BCUT2D eigenvalue weighted by Crippen LogP contribution is -2.39. The van der Waals surface area contributed by atoms with Crippen LogP contribution < -0.4 is 0 Å². The maximum atomic E-state index is 12.8. The van der Waals surface area contributed by atoms with Crippen LogP contribution in [0.4, 0.5) is 0 Å². The number of aromatic nitrogens is 6. The summed E-state index contributed by atoms with van der Waals surface area (Å²) in [7, 11) is 0. The monoisotopic (exact) mass is 325 g/mol. The summed E-state index contributed by atoms with van der Waals surface area (Å²) >= 11 is 0. The summed E-state index contributed by atoms with van der Waals surface area (Å²) in [5.41, 5.74) is 2.85. The Kier molecular flexibility index (Phi) is 3.51. The Morgan fingerprint density at radius 3 is 3.00 bits per heavy atom. The zero-order valence-electron chi connectivity index (χ0n) is 13.7. The van der Waals surface area contributed by atoms with Gasteiger partial charge in [0.2, 0.25) is 5.82 Å². The SMILES string of the molecule is Cc1cc(C)n2nc(C(=O)N3CCC[C@@H](c4ccn[nH]4)C3)nc2n1. The second-order valence-corrected chi connectivity index (χ2v) is 6.29. The van der Waals surface area contributed by atoms with E-state index in [9.17, 15) is 4.79 Å². The number of fused-ring (bicyclic) bond motifs is 1. The second kappa shape index (κ2) is 5.70. The van der Waals surface area contributed by atoms with Crippen LogP contribution in [0.5, 0.6) is 0 Å². The van der Waals surface area contributed by atoms with Crippen molar-refractivity contribution in [3.05, 3.63) is 41.2 Å². The van der Waals surface area contributed by atoms with Crippen molar-refractivity contribution in [2.45, 2.75) is 32.6 Å². The lowest BCUT2D eigenvalue weighted by Gasteiger charge is -2.31. The third-order valence-electron chi connectivity index (χ3n) is 4.48. The van der Waals surface area contributed by atoms with Gasteiger partial charge in [0.1, 0.15) is 0 Å². The first kappa shape index (κ1) is 14.8. The van der Waals surface area contributed by atoms with E-state index in [4.69, 9.17) is 0 Å².